The Morgan fingerprint density at radius 2 is 1.77 bits per heavy atom. The molecule has 7 nitrogen and oxygen atoms in total. The van der Waals surface area contributed by atoms with E-state index in [4.69, 9.17) is 14.2 Å². The van der Waals surface area contributed by atoms with Crippen LogP contribution in [0.3, 0.4) is 0 Å². The first-order valence-corrected chi connectivity index (χ1v) is 8.74. The summed E-state index contributed by atoms with van der Waals surface area (Å²) in [5.41, 5.74) is 1.14. The van der Waals surface area contributed by atoms with Gasteiger partial charge in [-0.1, -0.05) is 12.1 Å². The Labute approximate surface area is 152 Å². The highest BCUT2D eigenvalue weighted by Crippen LogP contribution is 2.12. The third kappa shape index (κ3) is 4.91. The summed E-state index contributed by atoms with van der Waals surface area (Å²) in [4.78, 5) is 29.6. The van der Waals surface area contributed by atoms with Gasteiger partial charge in [0.05, 0.1) is 25.4 Å². The highest BCUT2D eigenvalue weighted by molar-refractivity contribution is 5.92. The zero-order valence-electron chi connectivity index (χ0n) is 15.6. The average molecular weight is 363 g/mol. The third-order valence-electron chi connectivity index (χ3n) is 4.23. The molecule has 0 bridgehead atoms. The number of methoxy groups -OCH3 is 2. The topological polar surface area (TPSA) is 82.1 Å². The molecule has 0 saturated heterocycles. The van der Waals surface area contributed by atoms with Crippen molar-refractivity contribution < 1.29 is 23.9 Å². The highest BCUT2D eigenvalue weighted by Gasteiger charge is 2.23. The van der Waals surface area contributed by atoms with Crippen molar-refractivity contribution in [1.82, 2.24) is 4.98 Å². The Kier molecular flexibility index (Phi) is 7.77. The number of hydrogen-bond donors (Lipinski definition) is 2. The maximum Gasteiger partial charge on any atom is 0.355 e. The molecule has 1 aromatic carbocycles. The summed E-state index contributed by atoms with van der Waals surface area (Å²) >= 11 is 0. The lowest BCUT2D eigenvalue weighted by atomic mass is 10.1. The fourth-order valence-corrected chi connectivity index (χ4v) is 2.87. The van der Waals surface area contributed by atoms with Crippen molar-refractivity contribution in [3.05, 3.63) is 45.7 Å². The molecule has 0 aliphatic carbocycles. The second-order valence-corrected chi connectivity index (χ2v) is 5.99. The minimum absolute atomic E-state index is 0.144. The molecule has 0 fully saturated rings. The summed E-state index contributed by atoms with van der Waals surface area (Å²) in [5, 5.41) is 0.563. The van der Waals surface area contributed by atoms with Crippen LogP contribution < -0.4 is 10.3 Å². The number of aromatic amines is 1. The minimum atomic E-state index is -0.511. The van der Waals surface area contributed by atoms with E-state index < -0.39 is 5.97 Å². The Bertz CT molecular complexity index is 779. The molecule has 0 unspecified atom stereocenters. The number of nitrogens with one attached hydrogen (secondary N) is 2. The molecule has 142 valence electrons. The van der Waals surface area contributed by atoms with Gasteiger partial charge < -0.3 is 24.1 Å². The second-order valence-electron chi connectivity index (χ2n) is 5.99. The van der Waals surface area contributed by atoms with E-state index in [1.54, 1.807) is 33.3 Å². The van der Waals surface area contributed by atoms with Gasteiger partial charge in [-0.3, -0.25) is 4.79 Å². The van der Waals surface area contributed by atoms with E-state index in [1.807, 2.05) is 12.1 Å². The quantitative estimate of drug-likeness (QED) is 0.597. The molecule has 0 spiro atoms. The van der Waals surface area contributed by atoms with Crippen molar-refractivity contribution in [2.24, 2.45) is 0 Å². The first-order valence-electron chi connectivity index (χ1n) is 8.74. The fraction of sp³-hybridized carbons (Fsp3) is 0.474. The van der Waals surface area contributed by atoms with E-state index in [0.717, 1.165) is 4.90 Å². The Morgan fingerprint density at radius 1 is 1.12 bits per heavy atom. The number of benzene rings is 1. The van der Waals surface area contributed by atoms with Gasteiger partial charge in [0.2, 0.25) is 0 Å². The normalized spacial score (nSPS) is 11.2. The van der Waals surface area contributed by atoms with Crippen molar-refractivity contribution in [3.8, 4) is 0 Å². The summed E-state index contributed by atoms with van der Waals surface area (Å²) in [6.07, 6.45) is 0. The Morgan fingerprint density at radius 3 is 2.38 bits per heavy atom. The number of rotatable bonds is 10. The van der Waals surface area contributed by atoms with Gasteiger partial charge in [-0.2, -0.15) is 0 Å². The molecule has 0 aliphatic heterocycles. The average Bonchev–Trinajstić information content (AvgIpc) is 2.65. The predicted molar refractivity (Wildman–Crippen MR) is 98.7 cm³/mol. The number of pyridine rings is 1. The molecule has 2 aromatic rings. The monoisotopic (exact) mass is 363 g/mol. The second kappa shape index (κ2) is 10.1. The molecule has 0 aliphatic rings. The third-order valence-corrected chi connectivity index (χ3v) is 4.23. The zero-order valence-corrected chi connectivity index (χ0v) is 15.6. The molecule has 0 radical (unpaired) electrons. The first-order chi connectivity index (χ1) is 12.6. The molecule has 1 heterocycles. The van der Waals surface area contributed by atoms with Crippen molar-refractivity contribution in [1.29, 1.82) is 0 Å². The largest absolute Gasteiger partial charge is 0.461 e. The van der Waals surface area contributed by atoms with Crippen molar-refractivity contribution >= 4 is 16.9 Å². The lowest BCUT2D eigenvalue weighted by Gasteiger charge is -2.20. The van der Waals surface area contributed by atoms with Crippen molar-refractivity contribution in [3.63, 3.8) is 0 Å². The van der Waals surface area contributed by atoms with Gasteiger partial charge in [0, 0.05) is 25.1 Å². The highest BCUT2D eigenvalue weighted by atomic mass is 16.5. The van der Waals surface area contributed by atoms with Gasteiger partial charge >= 0.3 is 5.97 Å². The van der Waals surface area contributed by atoms with Crippen LogP contribution in [0.4, 0.5) is 0 Å². The number of esters is 1. The van der Waals surface area contributed by atoms with Crippen LogP contribution in [0.1, 0.15) is 23.0 Å². The number of hydrogen-bond acceptors (Lipinski definition) is 5. The number of quaternary nitrogens is 1. The fourth-order valence-electron chi connectivity index (χ4n) is 2.87. The van der Waals surface area contributed by atoms with Gasteiger partial charge in [-0.05, 0) is 19.1 Å². The van der Waals surface area contributed by atoms with Crippen LogP contribution in [0.2, 0.25) is 0 Å². The van der Waals surface area contributed by atoms with Crippen LogP contribution in [0, 0.1) is 0 Å². The predicted octanol–water partition coefficient (Wildman–Crippen LogP) is 0.383. The Hall–Kier alpha value is -2.22. The summed E-state index contributed by atoms with van der Waals surface area (Å²) in [5.74, 6) is -0.511. The number of para-hydroxylation sites is 1. The minimum Gasteiger partial charge on any atom is -0.461 e. The Balaban J connectivity index is 2.47. The SMILES string of the molecule is CCOC(=O)c1[nH]c2ccccc2c(=O)c1C[NH+](CCOC)CCOC. The maximum atomic E-state index is 13.0. The van der Waals surface area contributed by atoms with Crippen LogP contribution in [0.5, 0.6) is 0 Å². The van der Waals surface area contributed by atoms with E-state index in [1.165, 1.54) is 0 Å². The lowest BCUT2D eigenvalue weighted by Crippen LogP contribution is -3.12. The molecule has 0 amide bonds. The van der Waals surface area contributed by atoms with E-state index in [2.05, 4.69) is 4.98 Å². The van der Waals surface area contributed by atoms with Crippen LogP contribution in [-0.4, -0.2) is 58.1 Å². The van der Waals surface area contributed by atoms with E-state index in [9.17, 15) is 9.59 Å². The van der Waals surface area contributed by atoms with Crippen LogP contribution in [-0.2, 0) is 20.8 Å². The lowest BCUT2D eigenvalue weighted by molar-refractivity contribution is -0.914. The molecule has 1 aromatic heterocycles. The molecule has 0 atom stereocenters. The van der Waals surface area contributed by atoms with E-state index in [-0.39, 0.29) is 17.7 Å². The smallest absolute Gasteiger partial charge is 0.355 e. The summed E-state index contributed by atoms with van der Waals surface area (Å²) in [6.45, 7) is 4.89. The molecule has 0 saturated carbocycles. The van der Waals surface area contributed by atoms with Gasteiger partial charge in [-0.15, -0.1) is 0 Å². The molecular weight excluding hydrogens is 336 g/mol. The van der Waals surface area contributed by atoms with Crippen molar-refractivity contribution in [2.75, 3.05) is 47.1 Å². The standard InChI is InChI=1S/C19H26N2O5/c1-4-26-19(23)17-15(13-21(9-11-24-2)10-12-25-3)18(22)14-7-5-6-8-16(14)20-17/h5-8H,4,9-13H2,1-3H3,(H,20,22)/p+1. The van der Waals surface area contributed by atoms with Gasteiger partial charge in [-0.25, -0.2) is 4.79 Å². The van der Waals surface area contributed by atoms with Crippen LogP contribution >= 0.6 is 0 Å². The summed E-state index contributed by atoms with van der Waals surface area (Å²) < 4.78 is 15.5. The number of ether oxygens (including phenoxy) is 3. The van der Waals surface area contributed by atoms with E-state index >= 15 is 0 Å². The zero-order chi connectivity index (χ0) is 18.9. The van der Waals surface area contributed by atoms with Gasteiger partial charge in [0.25, 0.3) is 0 Å². The number of carbonyl (C=O) groups excluding carboxylic acids is 1. The summed E-state index contributed by atoms with van der Waals surface area (Å²) in [6, 6.07) is 7.17. The maximum absolute atomic E-state index is 13.0. The van der Waals surface area contributed by atoms with Crippen molar-refractivity contribution in [2.45, 2.75) is 13.5 Å². The first kappa shape index (κ1) is 20.1. The number of fused-ring (bicyclic) bond motifs is 1. The number of H-pyrrole nitrogens is 1. The molecule has 7 heteroatoms. The summed E-state index contributed by atoms with van der Waals surface area (Å²) in [7, 11) is 3.28. The van der Waals surface area contributed by atoms with Crippen LogP contribution in [0.25, 0.3) is 10.9 Å². The van der Waals surface area contributed by atoms with E-state index in [0.29, 0.717) is 49.3 Å². The molecule has 26 heavy (non-hydrogen) atoms. The number of carbonyl (C=O) groups is 1. The molecule has 2 N–H and O–H groups in total. The molecular formula is C19H27N2O5+. The number of aromatic nitrogens is 1. The van der Waals surface area contributed by atoms with Gasteiger partial charge in [0.15, 0.2) is 5.43 Å². The van der Waals surface area contributed by atoms with Crippen LogP contribution in [0.15, 0.2) is 29.1 Å². The molecule has 2 rings (SSSR count). The van der Waals surface area contributed by atoms with Gasteiger partial charge in [0.1, 0.15) is 25.3 Å².